The number of pyridine rings is 1. The second-order valence-electron chi connectivity index (χ2n) is 6.48. The number of fused-ring (bicyclic) bond motifs is 2. The number of aromatic amines is 1. The van der Waals surface area contributed by atoms with Crippen LogP contribution in [-0.2, 0) is 6.54 Å². The molecule has 2 aromatic carbocycles. The van der Waals surface area contributed by atoms with Gasteiger partial charge in [0.2, 0.25) is 0 Å². The van der Waals surface area contributed by atoms with Gasteiger partial charge in [-0.15, -0.1) is 0 Å². The minimum atomic E-state index is -0.363. The quantitative estimate of drug-likeness (QED) is 0.583. The average molecular weight is 361 g/mol. The third-order valence-corrected chi connectivity index (χ3v) is 4.73. The smallest absolute Gasteiger partial charge is 0.265 e. The maximum atomic E-state index is 13.2. The maximum Gasteiger partial charge on any atom is 0.265 e. The van der Waals surface area contributed by atoms with Crippen LogP contribution in [0.25, 0.3) is 33.2 Å². The molecule has 0 amide bonds. The van der Waals surface area contributed by atoms with Gasteiger partial charge in [-0.1, -0.05) is 37.6 Å². The Bertz CT molecular complexity index is 1270. The summed E-state index contributed by atoms with van der Waals surface area (Å²) in [6, 6.07) is 14.1. The minimum Gasteiger partial charge on any atom is -0.506 e. The number of nitrogens with one attached hydrogen (secondary N) is 1. The van der Waals surface area contributed by atoms with Crippen molar-refractivity contribution < 1.29 is 5.11 Å². The Hall–Kier alpha value is -3.41. The lowest BCUT2D eigenvalue weighted by molar-refractivity contribution is 0.480. The van der Waals surface area contributed by atoms with Gasteiger partial charge in [-0.2, -0.15) is 0 Å². The molecular formula is C21H19N3O3. The molecule has 0 aliphatic carbocycles. The van der Waals surface area contributed by atoms with E-state index in [1.807, 2.05) is 12.1 Å². The molecule has 6 heteroatoms. The molecule has 0 radical (unpaired) electrons. The number of aromatic nitrogens is 3. The van der Waals surface area contributed by atoms with E-state index in [9.17, 15) is 14.7 Å². The predicted molar refractivity (Wildman–Crippen MR) is 106 cm³/mol. The third kappa shape index (κ3) is 2.79. The van der Waals surface area contributed by atoms with Crippen molar-refractivity contribution in [3.8, 4) is 17.1 Å². The van der Waals surface area contributed by atoms with E-state index in [-0.39, 0.29) is 28.3 Å². The summed E-state index contributed by atoms with van der Waals surface area (Å²) in [4.78, 5) is 32.7. The summed E-state index contributed by atoms with van der Waals surface area (Å²) in [6.07, 6.45) is 1.76. The lowest BCUT2D eigenvalue weighted by atomic mass is 10.1. The van der Waals surface area contributed by atoms with Crippen LogP contribution in [-0.4, -0.2) is 19.6 Å². The van der Waals surface area contributed by atoms with Gasteiger partial charge in [0.25, 0.3) is 11.1 Å². The molecule has 27 heavy (non-hydrogen) atoms. The van der Waals surface area contributed by atoms with E-state index in [0.29, 0.717) is 28.4 Å². The Balaban J connectivity index is 2.08. The molecule has 0 aliphatic heterocycles. The van der Waals surface area contributed by atoms with E-state index in [4.69, 9.17) is 0 Å². The Morgan fingerprint density at radius 1 is 1.04 bits per heavy atom. The van der Waals surface area contributed by atoms with Crippen molar-refractivity contribution in [1.29, 1.82) is 0 Å². The van der Waals surface area contributed by atoms with Crippen molar-refractivity contribution in [2.45, 2.75) is 26.3 Å². The fraction of sp³-hybridized carbons (Fsp3) is 0.190. The molecule has 0 unspecified atom stereocenters. The summed E-state index contributed by atoms with van der Waals surface area (Å²) in [5.74, 6) is -0.0843. The Morgan fingerprint density at radius 3 is 2.52 bits per heavy atom. The Morgan fingerprint density at radius 2 is 1.74 bits per heavy atom. The van der Waals surface area contributed by atoms with Crippen molar-refractivity contribution in [3.05, 3.63) is 69.2 Å². The minimum absolute atomic E-state index is 0.0210. The van der Waals surface area contributed by atoms with Gasteiger partial charge in [0.15, 0.2) is 0 Å². The highest BCUT2D eigenvalue weighted by atomic mass is 16.3. The van der Waals surface area contributed by atoms with Crippen molar-refractivity contribution in [2.75, 3.05) is 0 Å². The molecule has 4 rings (SSSR count). The van der Waals surface area contributed by atoms with Crippen LogP contribution >= 0.6 is 0 Å². The van der Waals surface area contributed by atoms with Crippen molar-refractivity contribution in [2.24, 2.45) is 0 Å². The topological polar surface area (TPSA) is 88.0 Å². The fourth-order valence-electron chi connectivity index (χ4n) is 3.35. The second kappa shape index (κ2) is 6.72. The molecule has 0 saturated carbocycles. The molecule has 0 saturated heterocycles. The van der Waals surface area contributed by atoms with Crippen LogP contribution in [0, 0.1) is 0 Å². The van der Waals surface area contributed by atoms with Crippen LogP contribution in [0.15, 0.2) is 58.1 Å². The summed E-state index contributed by atoms with van der Waals surface area (Å²) >= 11 is 0. The number of hydrogen-bond acceptors (Lipinski definition) is 4. The van der Waals surface area contributed by atoms with E-state index in [1.165, 1.54) is 0 Å². The van der Waals surface area contributed by atoms with Gasteiger partial charge in [0.1, 0.15) is 17.1 Å². The Labute approximate surface area is 154 Å². The van der Waals surface area contributed by atoms with Gasteiger partial charge in [-0.05, 0) is 30.7 Å². The molecule has 136 valence electrons. The first-order valence-electron chi connectivity index (χ1n) is 8.95. The van der Waals surface area contributed by atoms with E-state index in [1.54, 1.807) is 41.0 Å². The summed E-state index contributed by atoms with van der Waals surface area (Å²) < 4.78 is 1.64. The molecule has 2 heterocycles. The van der Waals surface area contributed by atoms with Crippen LogP contribution in [0.2, 0.25) is 0 Å². The zero-order chi connectivity index (χ0) is 19.0. The molecule has 4 aromatic rings. The number of benzene rings is 2. The van der Waals surface area contributed by atoms with Crippen LogP contribution in [0.3, 0.4) is 0 Å². The summed E-state index contributed by atoms with van der Waals surface area (Å²) in [6.45, 7) is 2.58. The highest BCUT2D eigenvalue weighted by Gasteiger charge is 2.20. The second-order valence-corrected chi connectivity index (χ2v) is 6.48. The first kappa shape index (κ1) is 17.0. The summed E-state index contributed by atoms with van der Waals surface area (Å²) in [7, 11) is 0. The normalized spacial score (nSPS) is 11.3. The summed E-state index contributed by atoms with van der Waals surface area (Å²) in [5.41, 5.74) is 0.456. The third-order valence-electron chi connectivity index (χ3n) is 4.73. The van der Waals surface area contributed by atoms with Crippen molar-refractivity contribution in [1.82, 2.24) is 14.5 Å². The number of aryl methyl sites for hydroxylation is 1. The number of nitrogens with zero attached hydrogens (tertiary/aromatic N) is 2. The van der Waals surface area contributed by atoms with E-state index in [0.717, 1.165) is 12.8 Å². The molecular weight excluding hydrogens is 342 g/mol. The first-order valence-corrected chi connectivity index (χ1v) is 8.95. The maximum absolute atomic E-state index is 13.2. The highest BCUT2D eigenvalue weighted by Crippen LogP contribution is 2.31. The van der Waals surface area contributed by atoms with E-state index in [2.05, 4.69) is 16.9 Å². The molecule has 0 fully saturated rings. The van der Waals surface area contributed by atoms with Crippen LogP contribution in [0.1, 0.15) is 19.8 Å². The van der Waals surface area contributed by atoms with Gasteiger partial charge >= 0.3 is 0 Å². The molecule has 6 nitrogen and oxygen atoms in total. The van der Waals surface area contributed by atoms with Crippen LogP contribution < -0.4 is 11.1 Å². The van der Waals surface area contributed by atoms with Crippen molar-refractivity contribution >= 4 is 21.8 Å². The lowest BCUT2D eigenvalue weighted by Gasteiger charge is -2.14. The predicted octanol–water partition coefficient (Wildman–Crippen LogP) is 3.41. The van der Waals surface area contributed by atoms with Crippen molar-refractivity contribution in [3.63, 3.8) is 0 Å². The zero-order valence-electron chi connectivity index (χ0n) is 14.9. The Kier molecular flexibility index (Phi) is 4.24. The molecule has 2 aromatic heterocycles. The number of rotatable bonds is 4. The molecule has 0 spiro atoms. The monoisotopic (exact) mass is 361 g/mol. The highest BCUT2D eigenvalue weighted by molar-refractivity contribution is 5.91. The van der Waals surface area contributed by atoms with Gasteiger partial charge in [0.05, 0.1) is 16.4 Å². The molecule has 0 bridgehead atoms. The largest absolute Gasteiger partial charge is 0.506 e. The fourth-order valence-corrected chi connectivity index (χ4v) is 3.35. The lowest BCUT2D eigenvalue weighted by Crippen LogP contribution is -2.24. The SMILES string of the molecule is CCCCn1c(=O)c(-c2nc3ccccc3c(=O)[nH]2)c(O)c2ccccc21. The number of hydrogen-bond donors (Lipinski definition) is 2. The van der Waals surface area contributed by atoms with Crippen LogP contribution in [0.4, 0.5) is 0 Å². The van der Waals surface area contributed by atoms with Gasteiger partial charge in [-0.25, -0.2) is 4.98 Å². The molecule has 0 atom stereocenters. The molecule has 2 N–H and O–H groups in total. The molecule has 0 aliphatic rings. The standard InChI is InChI=1S/C21H19N3O3/c1-2-3-12-24-16-11-7-5-9-14(16)18(25)17(21(24)27)19-22-15-10-6-4-8-13(15)20(26)23-19/h4-11,25H,2-3,12H2,1H3,(H,22,23,26). The van der Waals surface area contributed by atoms with Gasteiger partial charge in [0, 0.05) is 11.9 Å². The zero-order valence-corrected chi connectivity index (χ0v) is 14.9. The van der Waals surface area contributed by atoms with E-state index >= 15 is 0 Å². The summed E-state index contributed by atoms with van der Waals surface area (Å²) in [5, 5.41) is 11.8. The first-order chi connectivity index (χ1) is 13.1. The number of unbranched alkanes of at least 4 members (excludes halogenated alkanes) is 1. The average Bonchev–Trinajstić information content (AvgIpc) is 2.68. The number of aromatic hydroxyl groups is 1. The van der Waals surface area contributed by atoms with Gasteiger partial charge in [-0.3, -0.25) is 9.59 Å². The number of H-pyrrole nitrogens is 1. The number of para-hydroxylation sites is 2. The van der Waals surface area contributed by atoms with E-state index < -0.39 is 0 Å². The van der Waals surface area contributed by atoms with Gasteiger partial charge < -0.3 is 14.7 Å². The van der Waals surface area contributed by atoms with Crippen LogP contribution in [0.5, 0.6) is 5.75 Å².